The van der Waals surface area contributed by atoms with Gasteiger partial charge in [0.15, 0.2) is 0 Å². The van der Waals surface area contributed by atoms with Crippen LogP contribution in [0.5, 0.6) is 5.75 Å². The number of carboxylic acids is 1. The lowest BCUT2D eigenvalue weighted by atomic mass is 10.1. The average molecular weight is 276 g/mol. The topological polar surface area (TPSA) is 57.5 Å². The number of fused-ring (bicyclic) bond motifs is 1. The minimum absolute atomic E-state index is 0.233. The molecule has 2 aromatic rings. The monoisotopic (exact) mass is 276 g/mol. The summed E-state index contributed by atoms with van der Waals surface area (Å²) >= 11 is 1.71. The molecule has 0 aliphatic heterocycles. The molecular weight excluding hydrogens is 260 g/mol. The summed E-state index contributed by atoms with van der Waals surface area (Å²) in [6.45, 7) is 0. The number of hydrogen-bond donors (Lipinski definition) is 2. The zero-order valence-electron chi connectivity index (χ0n) is 10.5. The number of hydrogen-bond acceptors (Lipinski definition) is 3. The number of carboxylic acid groups (broad SMARTS) is 1. The minimum Gasteiger partial charge on any atom is -0.507 e. The van der Waals surface area contributed by atoms with Crippen molar-refractivity contribution in [3.8, 4) is 5.75 Å². The summed E-state index contributed by atoms with van der Waals surface area (Å²) in [5.41, 5.74) is 0. The maximum Gasteiger partial charge on any atom is 0.303 e. The predicted molar refractivity (Wildman–Crippen MR) is 77.8 cm³/mol. The van der Waals surface area contributed by atoms with Gasteiger partial charge in [0.25, 0.3) is 0 Å². The van der Waals surface area contributed by atoms with Crippen LogP contribution in [0.4, 0.5) is 0 Å². The van der Waals surface area contributed by atoms with Gasteiger partial charge in [-0.25, -0.2) is 0 Å². The Kier molecular flexibility index (Phi) is 4.68. The molecule has 19 heavy (non-hydrogen) atoms. The summed E-state index contributed by atoms with van der Waals surface area (Å²) in [4.78, 5) is 11.5. The van der Waals surface area contributed by atoms with E-state index in [1.54, 1.807) is 17.8 Å². The van der Waals surface area contributed by atoms with Crippen molar-refractivity contribution in [1.82, 2.24) is 0 Å². The molecule has 0 unspecified atom stereocenters. The Morgan fingerprint density at radius 1 is 1.05 bits per heavy atom. The van der Waals surface area contributed by atoms with E-state index in [1.165, 1.54) is 0 Å². The summed E-state index contributed by atoms with van der Waals surface area (Å²) < 4.78 is 0. The number of benzene rings is 2. The second-order valence-electron chi connectivity index (χ2n) is 4.33. The van der Waals surface area contributed by atoms with Gasteiger partial charge in [0, 0.05) is 16.7 Å². The van der Waals surface area contributed by atoms with Crippen molar-refractivity contribution < 1.29 is 15.0 Å². The third kappa shape index (κ3) is 3.64. The molecule has 2 rings (SSSR count). The molecule has 0 bridgehead atoms. The Hall–Kier alpha value is -1.68. The highest BCUT2D eigenvalue weighted by Gasteiger charge is 2.05. The van der Waals surface area contributed by atoms with Crippen molar-refractivity contribution in [2.75, 3.05) is 5.75 Å². The lowest BCUT2D eigenvalue weighted by Gasteiger charge is -2.07. The van der Waals surface area contributed by atoms with Crippen LogP contribution in [0.2, 0.25) is 0 Å². The molecule has 3 nitrogen and oxygen atoms in total. The largest absolute Gasteiger partial charge is 0.507 e. The lowest BCUT2D eigenvalue weighted by Crippen LogP contribution is -1.94. The number of aliphatic carboxylic acids is 1. The summed E-state index contributed by atoms with van der Waals surface area (Å²) in [5.74, 6) is 0.452. The molecule has 0 amide bonds. The van der Waals surface area contributed by atoms with E-state index in [4.69, 9.17) is 5.11 Å². The fourth-order valence-electron chi connectivity index (χ4n) is 1.94. The van der Waals surface area contributed by atoms with Gasteiger partial charge < -0.3 is 10.2 Å². The van der Waals surface area contributed by atoms with E-state index in [1.807, 2.05) is 30.3 Å². The van der Waals surface area contributed by atoms with Gasteiger partial charge >= 0.3 is 5.97 Å². The van der Waals surface area contributed by atoms with Crippen molar-refractivity contribution in [2.45, 2.75) is 24.2 Å². The van der Waals surface area contributed by atoms with Crippen molar-refractivity contribution >= 4 is 28.5 Å². The van der Waals surface area contributed by atoms with Gasteiger partial charge in [0.2, 0.25) is 0 Å². The molecule has 4 heteroatoms. The molecule has 0 fully saturated rings. The Morgan fingerprint density at radius 2 is 1.79 bits per heavy atom. The molecule has 0 saturated heterocycles. The molecule has 2 N–H and O–H groups in total. The number of unbranched alkanes of at least 4 members (excludes halogenated alkanes) is 1. The highest BCUT2D eigenvalue weighted by Crippen LogP contribution is 2.33. The normalized spacial score (nSPS) is 10.7. The van der Waals surface area contributed by atoms with Crippen molar-refractivity contribution in [2.24, 2.45) is 0 Å². The molecule has 0 spiro atoms. The van der Waals surface area contributed by atoms with Gasteiger partial charge in [0.05, 0.1) is 0 Å². The van der Waals surface area contributed by atoms with Crippen LogP contribution in [-0.2, 0) is 4.79 Å². The number of thioether (sulfide) groups is 1. The molecule has 100 valence electrons. The van der Waals surface area contributed by atoms with Gasteiger partial charge in [-0.3, -0.25) is 4.79 Å². The Labute approximate surface area is 116 Å². The van der Waals surface area contributed by atoms with Gasteiger partial charge in [-0.05, 0) is 36.1 Å². The van der Waals surface area contributed by atoms with Gasteiger partial charge in [-0.2, -0.15) is 0 Å². The van der Waals surface area contributed by atoms with E-state index >= 15 is 0 Å². The van der Waals surface area contributed by atoms with Crippen molar-refractivity contribution in [1.29, 1.82) is 0 Å². The van der Waals surface area contributed by atoms with Crippen LogP contribution in [0, 0.1) is 0 Å². The van der Waals surface area contributed by atoms with Crippen molar-refractivity contribution in [3.05, 3.63) is 36.4 Å². The third-order valence-electron chi connectivity index (χ3n) is 2.90. The summed E-state index contributed by atoms with van der Waals surface area (Å²) in [6.07, 6.45) is 1.82. The Balaban J connectivity index is 2.01. The fourth-order valence-corrected chi connectivity index (χ4v) is 3.01. The molecule has 2 aromatic carbocycles. The summed E-state index contributed by atoms with van der Waals surface area (Å²) in [7, 11) is 0. The van der Waals surface area contributed by atoms with E-state index < -0.39 is 5.97 Å². The molecule has 0 aliphatic carbocycles. The molecule has 0 heterocycles. The van der Waals surface area contributed by atoms with Gasteiger partial charge in [0.1, 0.15) is 5.75 Å². The molecule has 0 aliphatic rings. The molecule has 0 radical (unpaired) electrons. The first kappa shape index (κ1) is 13.7. The van der Waals surface area contributed by atoms with Gasteiger partial charge in [-0.15, -0.1) is 11.8 Å². The first-order chi connectivity index (χ1) is 9.18. The maximum atomic E-state index is 10.4. The number of aromatic hydroxyl groups is 1. The van der Waals surface area contributed by atoms with Crippen molar-refractivity contribution in [3.63, 3.8) is 0 Å². The van der Waals surface area contributed by atoms with Crippen LogP contribution in [0.25, 0.3) is 10.8 Å². The number of phenolic OH excluding ortho intramolecular Hbond substituents is 1. The smallest absolute Gasteiger partial charge is 0.303 e. The highest BCUT2D eigenvalue weighted by molar-refractivity contribution is 7.99. The standard InChI is InChI=1S/C15H16O3S/c16-13-8-9-14(12-6-2-1-5-11(12)13)19-10-4-3-7-15(17)18/h1-2,5-6,8-9,16H,3-4,7,10H2,(H,17,18). The second-order valence-corrected chi connectivity index (χ2v) is 5.46. The average Bonchev–Trinajstić information content (AvgIpc) is 2.41. The third-order valence-corrected chi connectivity index (χ3v) is 4.06. The number of phenols is 1. The Bertz CT molecular complexity index is 581. The van der Waals surface area contributed by atoms with E-state index in [0.717, 1.165) is 27.8 Å². The zero-order chi connectivity index (χ0) is 13.7. The van der Waals surface area contributed by atoms with E-state index in [9.17, 15) is 9.90 Å². The molecular formula is C15H16O3S. The lowest BCUT2D eigenvalue weighted by molar-refractivity contribution is -0.137. The maximum absolute atomic E-state index is 10.4. The minimum atomic E-state index is -0.736. The number of carbonyl (C=O) groups is 1. The molecule has 0 saturated carbocycles. The number of rotatable bonds is 6. The summed E-state index contributed by atoms with van der Waals surface area (Å²) in [5, 5.41) is 20.3. The van der Waals surface area contributed by atoms with Crippen LogP contribution in [0.1, 0.15) is 19.3 Å². The SMILES string of the molecule is O=C(O)CCCCSc1ccc(O)c2ccccc12. The van der Waals surface area contributed by atoms with Crippen LogP contribution < -0.4 is 0 Å². The second kappa shape index (κ2) is 6.48. The zero-order valence-corrected chi connectivity index (χ0v) is 11.3. The molecule has 0 aromatic heterocycles. The highest BCUT2D eigenvalue weighted by atomic mass is 32.2. The van der Waals surface area contributed by atoms with Crippen LogP contribution in [0.3, 0.4) is 0 Å². The predicted octanol–water partition coefficient (Wildman–Crippen LogP) is 3.89. The van der Waals surface area contributed by atoms with Crippen LogP contribution in [-0.4, -0.2) is 21.9 Å². The van der Waals surface area contributed by atoms with E-state index in [2.05, 4.69) is 0 Å². The van der Waals surface area contributed by atoms with E-state index in [0.29, 0.717) is 12.2 Å². The van der Waals surface area contributed by atoms with Crippen LogP contribution in [0.15, 0.2) is 41.3 Å². The van der Waals surface area contributed by atoms with Gasteiger partial charge in [-0.1, -0.05) is 24.3 Å². The Morgan fingerprint density at radius 3 is 2.53 bits per heavy atom. The molecule has 0 atom stereocenters. The summed E-state index contributed by atoms with van der Waals surface area (Å²) in [6, 6.07) is 11.4. The first-order valence-corrected chi connectivity index (χ1v) is 7.22. The quantitative estimate of drug-likeness (QED) is 0.620. The fraction of sp³-hybridized carbons (Fsp3) is 0.267. The van der Waals surface area contributed by atoms with Crippen LogP contribution >= 0.6 is 11.8 Å². The van der Waals surface area contributed by atoms with E-state index in [-0.39, 0.29) is 6.42 Å². The first-order valence-electron chi connectivity index (χ1n) is 6.24.